The summed E-state index contributed by atoms with van der Waals surface area (Å²) in [5.74, 6) is -1.99. The van der Waals surface area contributed by atoms with Gasteiger partial charge in [0.1, 0.15) is 5.69 Å². The van der Waals surface area contributed by atoms with Gasteiger partial charge >= 0.3 is 5.97 Å². The number of hydrogen-bond donors (Lipinski definition) is 3. The smallest absolute Gasteiger partial charge is 0.352 e. The van der Waals surface area contributed by atoms with Crippen LogP contribution in [0.1, 0.15) is 22.5 Å². The van der Waals surface area contributed by atoms with E-state index >= 15 is 0 Å². The summed E-state index contributed by atoms with van der Waals surface area (Å²) in [7, 11) is -4.00. The predicted octanol–water partition coefficient (Wildman–Crippen LogP) is 3.61. The molecule has 0 spiro atoms. The molecule has 0 saturated carbocycles. The number of hydrogen-bond acceptors (Lipinski definition) is 4. The lowest BCUT2D eigenvalue weighted by molar-refractivity contribution is -0.119. The van der Waals surface area contributed by atoms with Gasteiger partial charge in [0.25, 0.3) is 10.0 Å². The number of amides is 1. The highest BCUT2D eigenvalue weighted by Gasteiger charge is 2.22. The number of H-pyrrole nitrogens is 1. The molecule has 3 N–H and O–H groups in total. The Morgan fingerprint density at radius 3 is 2.43 bits per heavy atom. The van der Waals surface area contributed by atoms with Gasteiger partial charge in [0.15, 0.2) is 0 Å². The van der Waals surface area contributed by atoms with Crippen molar-refractivity contribution in [3.05, 3.63) is 63.8 Å². The van der Waals surface area contributed by atoms with Gasteiger partial charge in [0.05, 0.1) is 9.92 Å². The number of nitrogens with one attached hydrogen (secondary N) is 2. The van der Waals surface area contributed by atoms with Crippen LogP contribution in [0.3, 0.4) is 0 Å². The second kappa shape index (κ2) is 7.83. The summed E-state index contributed by atoms with van der Waals surface area (Å²) in [4.78, 5) is 26.4. The number of aromatic nitrogens is 1. The number of fused-ring (bicyclic) bond motifs is 1. The lowest BCUT2D eigenvalue weighted by Crippen LogP contribution is -2.30. The maximum Gasteiger partial charge on any atom is 0.352 e. The van der Waals surface area contributed by atoms with Crippen LogP contribution in [0.25, 0.3) is 10.9 Å². The number of carboxylic acids is 1. The van der Waals surface area contributed by atoms with E-state index in [0.717, 1.165) is 0 Å². The van der Waals surface area contributed by atoms with Crippen molar-refractivity contribution in [3.63, 3.8) is 0 Å². The van der Waals surface area contributed by atoms with Gasteiger partial charge in [0, 0.05) is 22.3 Å². The summed E-state index contributed by atoms with van der Waals surface area (Å²) in [6, 6.07) is 10.4. The molecule has 0 aliphatic rings. The summed E-state index contributed by atoms with van der Waals surface area (Å²) >= 11 is 12.1. The number of carbonyl (C=O) groups excluding carboxylic acids is 1. The quantitative estimate of drug-likeness (QED) is 0.541. The van der Waals surface area contributed by atoms with Crippen LogP contribution >= 0.6 is 23.2 Å². The Morgan fingerprint density at radius 2 is 1.79 bits per heavy atom. The zero-order valence-electron chi connectivity index (χ0n) is 14.2. The molecule has 146 valence electrons. The Balaban J connectivity index is 1.84. The molecule has 0 unspecified atom stereocenters. The van der Waals surface area contributed by atoms with E-state index in [1.807, 2.05) is 4.72 Å². The SMILES string of the molecule is O=C(CCc1c(C(=O)O)[nH]c2cc(Cl)cc(Cl)c12)NS(=O)(=O)c1ccccc1. The van der Waals surface area contributed by atoms with Crippen molar-refractivity contribution in [2.75, 3.05) is 0 Å². The molecule has 0 aliphatic heterocycles. The van der Waals surface area contributed by atoms with Crippen LogP contribution in [0, 0.1) is 0 Å². The number of carboxylic acid groups (broad SMARTS) is 1. The Kier molecular flexibility index (Phi) is 5.64. The molecule has 1 heterocycles. The van der Waals surface area contributed by atoms with Gasteiger partial charge in [0.2, 0.25) is 5.91 Å². The average molecular weight is 441 g/mol. The average Bonchev–Trinajstić information content (AvgIpc) is 2.99. The number of sulfonamides is 1. The first-order valence-corrected chi connectivity index (χ1v) is 10.3. The number of benzene rings is 2. The van der Waals surface area contributed by atoms with Crippen molar-refractivity contribution in [2.24, 2.45) is 0 Å². The van der Waals surface area contributed by atoms with Gasteiger partial charge in [-0.1, -0.05) is 41.4 Å². The van der Waals surface area contributed by atoms with Gasteiger partial charge in [-0.2, -0.15) is 0 Å². The van der Waals surface area contributed by atoms with Crippen molar-refractivity contribution in [1.29, 1.82) is 0 Å². The molecule has 0 fully saturated rings. The molecule has 28 heavy (non-hydrogen) atoms. The first kappa shape index (κ1) is 20.2. The Bertz CT molecular complexity index is 1170. The minimum atomic E-state index is -4.00. The topological polar surface area (TPSA) is 116 Å². The lowest BCUT2D eigenvalue weighted by Gasteiger charge is -2.07. The number of aryl methyl sites for hydroxylation is 1. The van der Waals surface area contributed by atoms with Crippen molar-refractivity contribution < 1.29 is 23.1 Å². The second-order valence-corrected chi connectivity index (χ2v) is 8.46. The third kappa shape index (κ3) is 4.14. The van der Waals surface area contributed by atoms with Crippen LogP contribution < -0.4 is 4.72 Å². The summed E-state index contributed by atoms with van der Waals surface area (Å²) in [5, 5.41) is 10.4. The molecular weight excluding hydrogens is 427 g/mol. The van der Waals surface area contributed by atoms with Crippen molar-refractivity contribution in [2.45, 2.75) is 17.7 Å². The van der Waals surface area contributed by atoms with Crippen LogP contribution in [-0.4, -0.2) is 30.4 Å². The summed E-state index contributed by atoms with van der Waals surface area (Å²) in [6.07, 6.45) is -0.280. The Hall–Kier alpha value is -2.55. The first-order chi connectivity index (χ1) is 13.2. The van der Waals surface area contributed by atoms with Gasteiger partial charge in [-0.15, -0.1) is 0 Å². The third-order valence-electron chi connectivity index (χ3n) is 4.04. The van der Waals surface area contributed by atoms with Crippen molar-refractivity contribution >= 4 is 56.0 Å². The van der Waals surface area contributed by atoms with E-state index < -0.39 is 21.9 Å². The second-order valence-electron chi connectivity index (χ2n) is 5.94. The molecule has 0 radical (unpaired) electrons. The third-order valence-corrected chi connectivity index (χ3v) is 5.94. The van der Waals surface area contributed by atoms with Crippen LogP contribution in [0.5, 0.6) is 0 Å². The molecular formula is C18H14Cl2N2O5S. The van der Waals surface area contributed by atoms with Crippen LogP contribution in [0.2, 0.25) is 10.0 Å². The largest absolute Gasteiger partial charge is 0.477 e. The summed E-state index contributed by atoms with van der Waals surface area (Å²) in [5.41, 5.74) is 0.594. The number of aromatic carboxylic acids is 1. The van der Waals surface area contributed by atoms with Gasteiger partial charge < -0.3 is 10.1 Å². The van der Waals surface area contributed by atoms with Crippen molar-refractivity contribution in [3.8, 4) is 0 Å². The molecule has 1 aromatic heterocycles. The standard InChI is InChI=1S/C18H14Cl2N2O5S/c19-10-8-13(20)16-12(17(18(24)25)21-14(16)9-10)6-7-15(23)22-28(26,27)11-4-2-1-3-5-11/h1-5,8-9,21H,6-7H2,(H,22,23)(H,24,25). The lowest BCUT2D eigenvalue weighted by atomic mass is 10.1. The van der Waals surface area contributed by atoms with Crippen LogP contribution in [0.15, 0.2) is 47.4 Å². The van der Waals surface area contributed by atoms with E-state index in [1.165, 1.54) is 36.4 Å². The molecule has 7 nitrogen and oxygen atoms in total. The molecule has 2 aromatic carbocycles. The molecule has 3 rings (SSSR count). The van der Waals surface area contributed by atoms with Gasteiger partial charge in [-0.05, 0) is 36.2 Å². The normalized spacial score (nSPS) is 11.5. The highest BCUT2D eigenvalue weighted by molar-refractivity contribution is 7.90. The maximum absolute atomic E-state index is 12.2. The van der Waals surface area contributed by atoms with Crippen molar-refractivity contribution in [1.82, 2.24) is 9.71 Å². The molecule has 0 atom stereocenters. The molecule has 1 amide bonds. The van der Waals surface area contributed by atoms with Gasteiger partial charge in [-0.25, -0.2) is 17.9 Å². The monoisotopic (exact) mass is 440 g/mol. The van der Waals surface area contributed by atoms with Crippen LogP contribution in [0.4, 0.5) is 0 Å². The highest BCUT2D eigenvalue weighted by Crippen LogP contribution is 2.33. The first-order valence-electron chi connectivity index (χ1n) is 8.02. The fourth-order valence-corrected chi connectivity index (χ4v) is 4.49. The number of rotatable bonds is 6. The number of carbonyl (C=O) groups is 2. The molecule has 0 aliphatic carbocycles. The fourth-order valence-electron chi connectivity index (χ4n) is 2.84. The van der Waals surface area contributed by atoms with E-state index in [0.29, 0.717) is 21.5 Å². The minimum absolute atomic E-state index is 0.0286. The predicted molar refractivity (Wildman–Crippen MR) is 105 cm³/mol. The maximum atomic E-state index is 12.2. The molecule has 10 heteroatoms. The zero-order chi connectivity index (χ0) is 20.5. The minimum Gasteiger partial charge on any atom is -0.477 e. The van der Waals surface area contributed by atoms with E-state index in [1.54, 1.807) is 6.07 Å². The van der Waals surface area contributed by atoms with Crippen LogP contribution in [-0.2, 0) is 21.2 Å². The van der Waals surface area contributed by atoms with E-state index in [-0.39, 0.29) is 28.5 Å². The summed E-state index contributed by atoms with van der Waals surface area (Å²) < 4.78 is 26.4. The van der Waals surface area contributed by atoms with Gasteiger partial charge in [-0.3, -0.25) is 4.79 Å². The molecule has 3 aromatic rings. The molecule has 0 bridgehead atoms. The Morgan fingerprint density at radius 1 is 1.11 bits per heavy atom. The zero-order valence-corrected chi connectivity index (χ0v) is 16.5. The van der Waals surface area contributed by atoms with E-state index in [9.17, 15) is 23.1 Å². The highest BCUT2D eigenvalue weighted by atomic mass is 35.5. The summed E-state index contributed by atoms with van der Waals surface area (Å²) in [6.45, 7) is 0. The van der Waals surface area contributed by atoms with E-state index in [2.05, 4.69) is 4.98 Å². The number of halogens is 2. The van der Waals surface area contributed by atoms with E-state index in [4.69, 9.17) is 23.2 Å². The number of aromatic amines is 1. The Labute approximate surface area is 170 Å². The fraction of sp³-hybridized carbons (Fsp3) is 0.111. The molecule has 0 saturated heterocycles.